The number of anilines is 2. The van der Waals surface area contributed by atoms with Gasteiger partial charge in [0.15, 0.2) is 5.88 Å². The number of imide groups is 2. The highest BCUT2D eigenvalue weighted by Gasteiger charge is 2.37. The van der Waals surface area contributed by atoms with Gasteiger partial charge in [-0.3, -0.25) is 14.9 Å². The topological polar surface area (TPSA) is 82.9 Å². The third kappa shape index (κ3) is 3.53. The number of carbonyl (C=O) groups is 3. The van der Waals surface area contributed by atoms with E-state index in [0.29, 0.717) is 16.7 Å². The molecule has 2 aromatic rings. The van der Waals surface area contributed by atoms with Crippen LogP contribution in [0.1, 0.15) is 25.0 Å². The van der Waals surface area contributed by atoms with Crippen molar-refractivity contribution in [1.29, 1.82) is 0 Å². The van der Waals surface area contributed by atoms with Crippen molar-refractivity contribution in [2.24, 2.45) is 0 Å². The maximum absolute atomic E-state index is 12.9. The fourth-order valence-corrected chi connectivity index (χ4v) is 3.54. The first-order valence-corrected chi connectivity index (χ1v) is 9.42. The predicted molar refractivity (Wildman–Crippen MR) is 105 cm³/mol. The number of benzene rings is 1. The Labute approximate surface area is 166 Å². The molecule has 0 atom stereocenters. The van der Waals surface area contributed by atoms with Crippen molar-refractivity contribution in [1.82, 2.24) is 5.32 Å². The van der Waals surface area contributed by atoms with E-state index in [2.05, 4.69) is 10.2 Å². The van der Waals surface area contributed by atoms with E-state index in [1.807, 2.05) is 6.07 Å². The molecule has 4 rings (SSSR count). The second kappa shape index (κ2) is 7.52. The van der Waals surface area contributed by atoms with E-state index in [4.69, 9.17) is 16.0 Å². The molecule has 3 heterocycles. The molecule has 0 saturated carbocycles. The average molecular weight is 400 g/mol. The van der Waals surface area contributed by atoms with Gasteiger partial charge < -0.3 is 9.32 Å². The molecule has 0 radical (unpaired) electrons. The van der Waals surface area contributed by atoms with Crippen LogP contribution in [0.5, 0.6) is 0 Å². The lowest BCUT2D eigenvalue weighted by Gasteiger charge is -2.26. The van der Waals surface area contributed by atoms with E-state index < -0.39 is 17.8 Å². The summed E-state index contributed by atoms with van der Waals surface area (Å²) in [5, 5.41) is 2.55. The zero-order valence-electron chi connectivity index (χ0n) is 15.0. The third-order valence-corrected chi connectivity index (χ3v) is 4.97. The molecular weight excluding hydrogens is 382 g/mol. The van der Waals surface area contributed by atoms with Crippen LogP contribution >= 0.6 is 11.6 Å². The van der Waals surface area contributed by atoms with Crippen LogP contribution in [-0.4, -0.2) is 30.9 Å². The van der Waals surface area contributed by atoms with Crippen LogP contribution in [0, 0.1) is 0 Å². The molecule has 2 saturated heterocycles. The van der Waals surface area contributed by atoms with Gasteiger partial charge in [-0.25, -0.2) is 9.69 Å². The number of hydrogen-bond donors (Lipinski definition) is 1. The van der Waals surface area contributed by atoms with Gasteiger partial charge in [-0.2, -0.15) is 0 Å². The van der Waals surface area contributed by atoms with Crippen LogP contribution in [0.15, 0.2) is 46.4 Å². The number of halogens is 1. The molecule has 7 nitrogen and oxygen atoms in total. The molecule has 2 aliphatic rings. The van der Waals surface area contributed by atoms with Crippen molar-refractivity contribution in [2.45, 2.75) is 19.3 Å². The van der Waals surface area contributed by atoms with Gasteiger partial charge >= 0.3 is 6.03 Å². The number of piperidine rings is 1. The Morgan fingerprint density at radius 2 is 1.82 bits per heavy atom. The normalized spacial score (nSPS) is 19.3. The summed E-state index contributed by atoms with van der Waals surface area (Å²) >= 11 is 5.96. The van der Waals surface area contributed by atoms with E-state index in [0.717, 1.165) is 30.8 Å². The quantitative estimate of drug-likeness (QED) is 0.630. The highest BCUT2D eigenvalue weighted by Crippen LogP contribution is 2.27. The molecule has 1 aromatic heterocycles. The van der Waals surface area contributed by atoms with Crippen molar-refractivity contribution in [2.75, 3.05) is 22.9 Å². The van der Waals surface area contributed by atoms with Crippen LogP contribution in [0.3, 0.4) is 0 Å². The van der Waals surface area contributed by atoms with Gasteiger partial charge in [0.1, 0.15) is 11.3 Å². The number of carbonyl (C=O) groups excluding carboxylic acids is 3. The number of nitrogens with one attached hydrogen (secondary N) is 1. The maximum atomic E-state index is 12.9. The van der Waals surface area contributed by atoms with Crippen molar-refractivity contribution >= 4 is 47.1 Å². The molecule has 0 bridgehead atoms. The monoisotopic (exact) mass is 399 g/mol. The molecular formula is C20H18ClN3O4. The Bertz CT molecular complexity index is 975. The first-order chi connectivity index (χ1) is 13.5. The lowest BCUT2D eigenvalue weighted by molar-refractivity contribution is -0.122. The number of rotatable bonds is 3. The SMILES string of the molecule is O=C1NC(=O)N(c2cccc(Cl)c2)C(=O)C1=Cc1ccc(N2CCCCC2)o1. The second-order valence-electron chi connectivity index (χ2n) is 6.66. The molecule has 28 heavy (non-hydrogen) atoms. The van der Waals surface area contributed by atoms with Gasteiger partial charge in [0.25, 0.3) is 11.8 Å². The standard InChI is InChI=1S/C20H18ClN3O4/c21-13-5-4-6-14(11-13)24-19(26)16(18(25)22-20(24)27)12-15-7-8-17(28-15)23-9-2-1-3-10-23/h4-8,11-12H,1-3,9-10H2,(H,22,25,27). The third-order valence-electron chi connectivity index (χ3n) is 4.74. The van der Waals surface area contributed by atoms with Gasteiger partial charge in [0.2, 0.25) is 0 Å². The van der Waals surface area contributed by atoms with E-state index in [9.17, 15) is 14.4 Å². The van der Waals surface area contributed by atoms with Gasteiger partial charge in [0.05, 0.1) is 5.69 Å². The number of hydrogen-bond acceptors (Lipinski definition) is 5. The minimum atomic E-state index is -0.817. The predicted octanol–water partition coefficient (Wildman–Crippen LogP) is 3.59. The van der Waals surface area contributed by atoms with Gasteiger partial charge in [-0.1, -0.05) is 17.7 Å². The molecule has 1 N–H and O–H groups in total. The zero-order chi connectivity index (χ0) is 19.7. The summed E-state index contributed by atoms with van der Waals surface area (Å²) in [5.74, 6) is -0.409. The van der Waals surface area contributed by atoms with Crippen LogP contribution in [-0.2, 0) is 9.59 Å². The summed E-state index contributed by atoms with van der Waals surface area (Å²) in [7, 11) is 0. The summed E-state index contributed by atoms with van der Waals surface area (Å²) in [6.45, 7) is 1.83. The highest BCUT2D eigenvalue weighted by molar-refractivity contribution is 6.39. The van der Waals surface area contributed by atoms with Crippen molar-refractivity contribution in [3.05, 3.63) is 52.8 Å². The van der Waals surface area contributed by atoms with Gasteiger partial charge in [0, 0.05) is 24.2 Å². The minimum absolute atomic E-state index is 0.181. The Hall–Kier alpha value is -3.06. The highest BCUT2D eigenvalue weighted by atomic mass is 35.5. The molecule has 4 amide bonds. The summed E-state index contributed by atoms with van der Waals surface area (Å²) in [6.07, 6.45) is 4.77. The lowest BCUT2D eigenvalue weighted by Crippen LogP contribution is -2.54. The van der Waals surface area contributed by atoms with Crippen LogP contribution in [0.4, 0.5) is 16.4 Å². The van der Waals surface area contributed by atoms with Crippen LogP contribution in [0.2, 0.25) is 5.02 Å². The van der Waals surface area contributed by atoms with E-state index in [1.165, 1.54) is 18.6 Å². The largest absolute Gasteiger partial charge is 0.441 e. The summed E-state index contributed by atoms with van der Waals surface area (Å²) < 4.78 is 5.80. The summed E-state index contributed by atoms with van der Waals surface area (Å²) in [5.41, 5.74) is 0.0981. The minimum Gasteiger partial charge on any atom is -0.441 e. The Kier molecular flexibility index (Phi) is 4.92. The Balaban J connectivity index is 1.63. The van der Waals surface area contributed by atoms with E-state index in [1.54, 1.807) is 24.3 Å². The number of urea groups is 1. The average Bonchev–Trinajstić information content (AvgIpc) is 3.14. The molecule has 1 aromatic carbocycles. The molecule has 144 valence electrons. The first kappa shape index (κ1) is 18.3. The Morgan fingerprint density at radius 3 is 2.57 bits per heavy atom. The second-order valence-corrected chi connectivity index (χ2v) is 7.10. The molecule has 2 aliphatic heterocycles. The number of amides is 4. The molecule has 0 aliphatic carbocycles. The fourth-order valence-electron chi connectivity index (χ4n) is 3.35. The van der Waals surface area contributed by atoms with Gasteiger partial charge in [-0.15, -0.1) is 0 Å². The van der Waals surface area contributed by atoms with Crippen molar-refractivity contribution < 1.29 is 18.8 Å². The molecule has 2 fully saturated rings. The molecule has 0 spiro atoms. The smallest absolute Gasteiger partial charge is 0.335 e. The summed E-state index contributed by atoms with van der Waals surface area (Å²) in [6, 6.07) is 9.01. The fraction of sp³-hybridized carbons (Fsp3) is 0.250. The Morgan fingerprint density at radius 1 is 1.04 bits per heavy atom. The van der Waals surface area contributed by atoms with Crippen LogP contribution < -0.4 is 15.1 Å². The van der Waals surface area contributed by atoms with Crippen molar-refractivity contribution in [3.63, 3.8) is 0 Å². The van der Waals surface area contributed by atoms with E-state index >= 15 is 0 Å². The van der Waals surface area contributed by atoms with E-state index in [-0.39, 0.29) is 11.3 Å². The zero-order valence-corrected chi connectivity index (χ0v) is 15.7. The first-order valence-electron chi connectivity index (χ1n) is 9.05. The van der Waals surface area contributed by atoms with Crippen LogP contribution in [0.25, 0.3) is 6.08 Å². The number of furan rings is 1. The van der Waals surface area contributed by atoms with Crippen molar-refractivity contribution in [3.8, 4) is 0 Å². The molecule has 8 heteroatoms. The van der Waals surface area contributed by atoms with Gasteiger partial charge in [-0.05, 0) is 49.6 Å². The number of nitrogens with zero attached hydrogens (tertiary/aromatic N) is 2. The number of barbiturate groups is 1. The molecule has 0 unspecified atom stereocenters. The summed E-state index contributed by atoms with van der Waals surface area (Å²) in [4.78, 5) is 40.3. The maximum Gasteiger partial charge on any atom is 0.335 e. The lowest BCUT2D eigenvalue weighted by atomic mass is 10.1.